The zero-order valence-corrected chi connectivity index (χ0v) is 13.9. The SMILES string of the molecule is CC(C)(O)C1(OC2(n3ccc(=O)[nH]c3=O)CC2O)CC1O[P+](=O)O. The topological polar surface area (TPSA) is 151 Å². The lowest BCUT2D eigenvalue weighted by Crippen LogP contribution is -2.50. The van der Waals surface area contributed by atoms with E-state index >= 15 is 0 Å². The van der Waals surface area contributed by atoms with Crippen LogP contribution >= 0.6 is 8.25 Å². The van der Waals surface area contributed by atoms with Crippen molar-refractivity contribution < 1.29 is 28.9 Å². The largest absolute Gasteiger partial charge is 0.695 e. The molecule has 132 valence electrons. The quantitative estimate of drug-likeness (QED) is 0.467. The number of aliphatic hydroxyl groups excluding tert-OH is 1. The first-order valence-corrected chi connectivity index (χ1v) is 8.41. The summed E-state index contributed by atoms with van der Waals surface area (Å²) < 4.78 is 22.7. The number of nitrogens with zero attached hydrogens (tertiary/aromatic N) is 1. The predicted octanol–water partition coefficient (Wildman–Crippen LogP) is -1.08. The molecule has 0 amide bonds. The van der Waals surface area contributed by atoms with Gasteiger partial charge in [0.15, 0.2) is 11.8 Å². The fraction of sp³-hybridized carbons (Fsp3) is 0.692. The molecule has 2 aliphatic rings. The minimum atomic E-state index is -2.90. The van der Waals surface area contributed by atoms with Gasteiger partial charge < -0.3 is 14.9 Å². The Balaban J connectivity index is 1.96. The van der Waals surface area contributed by atoms with Gasteiger partial charge in [0, 0.05) is 29.7 Å². The summed E-state index contributed by atoms with van der Waals surface area (Å²) in [6.07, 6.45) is -0.529. The first kappa shape index (κ1) is 17.4. The number of rotatable bonds is 6. The average Bonchev–Trinajstić information content (AvgIpc) is 3.27. The molecule has 0 spiro atoms. The van der Waals surface area contributed by atoms with Crippen molar-refractivity contribution in [1.82, 2.24) is 9.55 Å². The van der Waals surface area contributed by atoms with E-state index in [4.69, 9.17) is 14.2 Å². The molecule has 0 radical (unpaired) electrons. The Kier molecular flexibility index (Phi) is 3.83. The van der Waals surface area contributed by atoms with Crippen LogP contribution in [0.2, 0.25) is 0 Å². The van der Waals surface area contributed by atoms with Crippen molar-refractivity contribution >= 4 is 8.25 Å². The fourth-order valence-electron chi connectivity index (χ4n) is 2.99. The highest BCUT2D eigenvalue weighted by molar-refractivity contribution is 7.32. The Morgan fingerprint density at radius 1 is 1.42 bits per heavy atom. The minimum absolute atomic E-state index is 0.0642. The Morgan fingerprint density at radius 2 is 2.04 bits per heavy atom. The van der Waals surface area contributed by atoms with Crippen molar-refractivity contribution in [2.75, 3.05) is 0 Å². The summed E-state index contributed by atoms with van der Waals surface area (Å²) in [6, 6.07) is 1.11. The standard InChI is InChI=1S/C13H17N2O8P/c1-11(2,19)12(6-8(12)22-24(20)21)23-13(5-7(13)16)15-4-3-9(17)14-10(15)18/h3-4,7-8,16,19H,5-6H2,1-2H3,(H-,14,17,18,20,21)/p+1. The molecule has 0 aromatic carbocycles. The third kappa shape index (κ3) is 2.65. The van der Waals surface area contributed by atoms with Crippen molar-refractivity contribution in [1.29, 1.82) is 0 Å². The summed E-state index contributed by atoms with van der Waals surface area (Å²) in [6.45, 7) is 2.89. The van der Waals surface area contributed by atoms with Gasteiger partial charge in [-0.2, -0.15) is 0 Å². The number of hydrogen-bond acceptors (Lipinski definition) is 7. The van der Waals surface area contributed by atoms with E-state index in [1.165, 1.54) is 20.0 Å². The van der Waals surface area contributed by atoms with Crippen molar-refractivity contribution in [3.8, 4) is 0 Å². The molecule has 11 heteroatoms. The van der Waals surface area contributed by atoms with Gasteiger partial charge in [-0.05, 0) is 13.8 Å². The van der Waals surface area contributed by atoms with E-state index in [0.29, 0.717) is 0 Å². The number of aliphatic hydroxyl groups is 2. The second-order valence-electron chi connectivity index (χ2n) is 6.63. The lowest BCUT2D eigenvalue weighted by Gasteiger charge is -2.34. The Labute approximate surface area is 136 Å². The Bertz CT molecular complexity index is 798. The highest BCUT2D eigenvalue weighted by Crippen LogP contribution is 2.59. The van der Waals surface area contributed by atoms with E-state index in [1.807, 2.05) is 0 Å². The van der Waals surface area contributed by atoms with Crippen molar-refractivity contribution in [2.24, 2.45) is 0 Å². The van der Waals surface area contributed by atoms with E-state index < -0.39 is 48.6 Å². The van der Waals surface area contributed by atoms with E-state index in [2.05, 4.69) is 4.98 Å². The van der Waals surface area contributed by atoms with Gasteiger partial charge in [0.2, 0.25) is 0 Å². The molecule has 2 saturated carbocycles. The monoisotopic (exact) mass is 361 g/mol. The molecule has 0 saturated heterocycles. The van der Waals surface area contributed by atoms with Crippen LogP contribution in [-0.4, -0.2) is 48.1 Å². The van der Waals surface area contributed by atoms with Crippen LogP contribution in [-0.2, 0) is 19.6 Å². The maximum atomic E-state index is 12.0. The van der Waals surface area contributed by atoms with E-state index in [9.17, 15) is 24.4 Å². The summed E-state index contributed by atoms with van der Waals surface area (Å²) in [5, 5.41) is 20.5. The third-order valence-corrected chi connectivity index (χ3v) is 4.97. The molecule has 1 heterocycles. The number of nitrogens with one attached hydrogen (secondary N) is 1. The fourth-order valence-corrected chi connectivity index (χ4v) is 3.45. The summed E-state index contributed by atoms with van der Waals surface area (Å²) in [5.41, 5.74) is -5.67. The molecule has 0 bridgehead atoms. The molecule has 5 atom stereocenters. The van der Waals surface area contributed by atoms with Crippen LogP contribution < -0.4 is 11.2 Å². The molecular formula is C13H18N2O8P+. The maximum absolute atomic E-state index is 12.0. The Morgan fingerprint density at radius 3 is 2.50 bits per heavy atom. The second kappa shape index (κ2) is 5.29. The average molecular weight is 361 g/mol. The summed E-state index contributed by atoms with van der Waals surface area (Å²) in [7, 11) is -2.90. The molecule has 2 fully saturated rings. The number of H-pyrrole nitrogens is 1. The van der Waals surface area contributed by atoms with Crippen molar-refractivity contribution in [3.05, 3.63) is 33.1 Å². The number of ether oxygens (including phenoxy) is 1. The predicted molar refractivity (Wildman–Crippen MR) is 79.3 cm³/mol. The molecule has 4 N–H and O–H groups in total. The van der Waals surface area contributed by atoms with Gasteiger partial charge in [-0.15, -0.1) is 9.42 Å². The summed E-state index contributed by atoms with van der Waals surface area (Å²) in [5.74, 6) is 0. The molecule has 24 heavy (non-hydrogen) atoms. The van der Waals surface area contributed by atoms with Gasteiger partial charge in [0.1, 0.15) is 11.7 Å². The first-order valence-electron chi connectivity index (χ1n) is 7.28. The third-order valence-electron chi connectivity index (χ3n) is 4.54. The molecule has 2 aliphatic carbocycles. The van der Waals surface area contributed by atoms with Gasteiger partial charge >= 0.3 is 13.9 Å². The lowest BCUT2D eigenvalue weighted by atomic mass is 9.99. The normalized spacial score (nSPS) is 35.6. The number of hydrogen-bond donors (Lipinski definition) is 4. The van der Waals surface area contributed by atoms with Crippen LogP contribution in [0.5, 0.6) is 0 Å². The van der Waals surface area contributed by atoms with Crippen LogP contribution in [0.15, 0.2) is 21.9 Å². The van der Waals surface area contributed by atoms with E-state index in [1.54, 1.807) is 0 Å². The van der Waals surface area contributed by atoms with Crippen LogP contribution in [0, 0.1) is 0 Å². The molecule has 10 nitrogen and oxygen atoms in total. The van der Waals surface area contributed by atoms with Gasteiger partial charge in [-0.3, -0.25) is 14.3 Å². The van der Waals surface area contributed by atoms with Crippen LogP contribution in [0.25, 0.3) is 0 Å². The van der Waals surface area contributed by atoms with Crippen LogP contribution in [0.1, 0.15) is 26.7 Å². The van der Waals surface area contributed by atoms with Crippen molar-refractivity contribution in [2.45, 2.75) is 55.8 Å². The molecule has 0 aliphatic heterocycles. The molecule has 1 aromatic heterocycles. The highest BCUT2D eigenvalue weighted by Gasteiger charge is 2.75. The summed E-state index contributed by atoms with van der Waals surface area (Å²) >= 11 is 0. The smallest absolute Gasteiger partial charge is 0.388 e. The van der Waals surface area contributed by atoms with Crippen LogP contribution in [0.3, 0.4) is 0 Å². The highest BCUT2D eigenvalue weighted by atomic mass is 31.1. The van der Waals surface area contributed by atoms with Crippen LogP contribution in [0.4, 0.5) is 0 Å². The lowest BCUT2D eigenvalue weighted by molar-refractivity contribution is -0.195. The second-order valence-corrected chi connectivity index (χ2v) is 7.32. The molecule has 3 rings (SSSR count). The maximum Gasteiger partial charge on any atom is 0.695 e. The number of aromatic amines is 1. The van der Waals surface area contributed by atoms with Gasteiger partial charge in [0.05, 0.1) is 5.60 Å². The van der Waals surface area contributed by atoms with Crippen molar-refractivity contribution in [3.63, 3.8) is 0 Å². The molecular weight excluding hydrogens is 343 g/mol. The van der Waals surface area contributed by atoms with Gasteiger partial charge in [-0.1, -0.05) is 0 Å². The minimum Gasteiger partial charge on any atom is -0.388 e. The van der Waals surface area contributed by atoms with E-state index in [-0.39, 0.29) is 12.8 Å². The zero-order chi connectivity index (χ0) is 17.9. The van der Waals surface area contributed by atoms with E-state index in [0.717, 1.165) is 10.6 Å². The first-order chi connectivity index (χ1) is 11.0. The Hall–Kier alpha value is -1.42. The molecule has 5 unspecified atom stereocenters. The van der Waals surface area contributed by atoms with Gasteiger partial charge in [-0.25, -0.2) is 4.79 Å². The van der Waals surface area contributed by atoms with Gasteiger partial charge in [0.25, 0.3) is 5.56 Å². The zero-order valence-electron chi connectivity index (χ0n) is 13.0. The molecule has 1 aromatic rings. The summed E-state index contributed by atoms with van der Waals surface area (Å²) in [4.78, 5) is 34.2. The number of aromatic nitrogens is 2.